The molecular formula is C15H20BrF3N2O2. The first kappa shape index (κ1) is 18.4. The molecule has 1 fully saturated rings. The number of rotatable bonds is 5. The van der Waals surface area contributed by atoms with E-state index in [-0.39, 0.29) is 0 Å². The molecule has 0 radical (unpaired) electrons. The summed E-state index contributed by atoms with van der Waals surface area (Å²) in [5, 5.41) is 3.16. The van der Waals surface area contributed by atoms with Gasteiger partial charge in [0, 0.05) is 37.8 Å². The first-order chi connectivity index (χ1) is 10.9. The third-order valence-electron chi connectivity index (χ3n) is 3.88. The number of methoxy groups -OCH3 is 2. The van der Waals surface area contributed by atoms with Crippen LogP contribution in [0.1, 0.15) is 18.0 Å². The van der Waals surface area contributed by atoms with Gasteiger partial charge in [-0.05, 0) is 28.1 Å². The minimum Gasteiger partial charge on any atom is -0.496 e. The van der Waals surface area contributed by atoms with E-state index >= 15 is 0 Å². The molecule has 2 rings (SSSR count). The zero-order chi connectivity index (χ0) is 17.0. The standard InChI is InChI=1S/C15H20BrF3N2O2/c1-22-13-8-11(16)14(23-2)7-10(13)12(9-15(17,18)19)21-5-3-20-4-6-21/h7-8,12,20H,3-6,9H2,1-2H3/t12-/m0/s1. The van der Waals surface area contributed by atoms with Crippen LogP contribution < -0.4 is 14.8 Å². The molecule has 0 unspecified atom stereocenters. The third-order valence-corrected chi connectivity index (χ3v) is 4.50. The number of piperazine rings is 1. The molecule has 0 amide bonds. The maximum Gasteiger partial charge on any atom is 0.390 e. The van der Waals surface area contributed by atoms with Crippen LogP contribution >= 0.6 is 15.9 Å². The molecular weight excluding hydrogens is 377 g/mol. The number of hydrogen-bond acceptors (Lipinski definition) is 4. The van der Waals surface area contributed by atoms with Gasteiger partial charge in [-0.25, -0.2) is 0 Å². The topological polar surface area (TPSA) is 33.7 Å². The van der Waals surface area contributed by atoms with Crippen molar-refractivity contribution < 1.29 is 22.6 Å². The van der Waals surface area contributed by atoms with E-state index in [1.165, 1.54) is 14.2 Å². The Hall–Kier alpha value is -0.990. The van der Waals surface area contributed by atoms with Crippen molar-refractivity contribution in [1.29, 1.82) is 0 Å². The minimum atomic E-state index is -4.26. The monoisotopic (exact) mass is 396 g/mol. The second-order valence-electron chi connectivity index (χ2n) is 5.35. The van der Waals surface area contributed by atoms with Crippen molar-refractivity contribution in [2.45, 2.75) is 18.6 Å². The SMILES string of the molecule is COc1cc([C@H](CC(F)(F)F)N2CCNCC2)c(OC)cc1Br. The van der Waals surface area contributed by atoms with Gasteiger partial charge in [0.1, 0.15) is 11.5 Å². The lowest BCUT2D eigenvalue weighted by Gasteiger charge is -2.36. The van der Waals surface area contributed by atoms with Gasteiger partial charge in [-0.1, -0.05) is 0 Å². The highest BCUT2D eigenvalue weighted by Crippen LogP contribution is 2.42. The average molecular weight is 397 g/mol. The predicted molar refractivity (Wildman–Crippen MR) is 85.1 cm³/mol. The van der Waals surface area contributed by atoms with Crippen molar-refractivity contribution in [2.75, 3.05) is 40.4 Å². The summed E-state index contributed by atoms with van der Waals surface area (Å²) in [6, 6.07) is 2.48. The van der Waals surface area contributed by atoms with Crippen LogP contribution in [-0.4, -0.2) is 51.5 Å². The van der Waals surface area contributed by atoms with Crippen molar-refractivity contribution in [3.63, 3.8) is 0 Å². The van der Waals surface area contributed by atoms with E-state index in [0.717, 1.165) is 0 Å². The van der Waals surface area contributed by atoms with Gasteiger partial charge < -0.3 is 14.8 Å². The Morgan fingerprint density at radius 2 is 1.78 bits per heavy atom. The quantitative estimate of drug-likeness (QED) is 0.827. The second-order valence-corrected chi connectivity index (χ2v) is 6.20. The van der Waals surface area contributed by atoms with Crippen LogP contribution in [0.25, 0.3) is 0 Å². The highest BCUT2D eigenvalue weighted by molar-refractivity contribution is 9.10. The lowest BCUT2D eigenvalue weighted by Crippen LogP contribution is -2.46. The number of alkyl halides is 3. The zero-order valence-corrected chi connectivity index (χ0v) is 14.6. The molecule has 23 heavy (non-hydrogen) atoms. The fourth-order valence-corrected chi connectivity index (χ4v) is 3.28. The molecule has 1 aromatic carbocycles. The Kier molecular flexibility index (Phi) is 6.16. The Morgan fingerprint density at radius 1 is 1.17 bits per heavy atom. The fourth-order valence-electron chi connectivity index (χ4n) is 2.79. The van der Waals surface area contributed by atoms with E-state index in [9.17, 15) is 13.2 Å². The number of nitrogens with one attached hydrogen (secondary N) is 1. The Labute approximate surface area is 142 Å². The normalized spacial score (nSPS) is 17.8. The molecule has 4 nitrogen and oxygen atoms in total. The van der Waals surface area contributed by atoms with Crippen molar-refractivity contribution >= 4 is 15.9 Å². The van der Waals surface area contributed by atoms with Gasteiger partial charge in [0.15, 0.2) is 0 Å². The van der Waals surface area contributed by atoms with Crippen LogP contribution in [0.3, 0.4) is 0 Å². The molecule has 1 atom stereocenters. The van der Waals surface area contributed by atoms with Crippen molar-refractivity contribution in [3.05, 3.63) is 22.2 Å². The van der Waals surface area contributed by atoms with E-state index in [1.807, 2.05) is 4.90 Å². The van der Waals surface area contributed by atoms with Crippen molar-refractivity contribution in [1.82, 2.24) is 10.2 Å². The van der Waals surface area contributed by atoms with Crippen molar-refractivity contribution in [2.24, 2.45) is 0 Å². The van der Waals surface area contributed by atoms with Crippen LogP contribution in [0.5, 0.6) is 11.5 Å². The number of hydrogen-bond donors (Lipinski definition) is 1. The van der Waals surface area contributed by atoms with Gasteiger partial charge in [0.25, 0.3) is 0 Å². The predicted octanol–water partition coefficient (Wildman–Crippen LogP) is 3.37. The summed E-state index contributed by atoms with van der Waals surface area (Å²) in [4.78, 5) is 1.84. The molecule has 1 N–H and O–H groups in total. The van der Waals surface area contributed by atoms with E-state index in [4.69, 9.17) is 9.47 Å². The number of halogens is 4. The minimum absolute atomic E-state index is 0.422. The lowest BCUT2D eigenvalue weighted by molar-refractivity contribution is -0.148. The van der Waals surface area contributed by atoms with Crippen LogP contribution in [-0.2, 0) is 0 Å². The first-order valence-corrected chi connectivity index (χ1v) is 8.08. The molecule has 0 aromatic heterocycles. The van der Waals surface area contributed by atoms with Crippen LogP contribution in [0, 0.1) is 0 Å². The van der Waals surface area contributed by atoms with E-state index in [2.05, 4.69) is 21.2 Å². The highest BCUT2D eigenvalue weighted by atomic mass is 79.9. The molecule has 1 aromatic rings. The Bertz CT molecular complexity index is 534. The molecule has 0 aliphatic carbocycles. The Morgan fingerprint density at radius 3 is 2.30 bits per heavy atom. The van der Waals surface area contributed by atoms with E-state index < -0.39 is 18.6 Å². The summed E-state index contributed by atoms with van der Waals surface area (Å²) in [6.07, 6.45) is -5.19. The molecule has 1 aliphatic rings. The van der Waals surface area contributed by atoms with Crippen LogP contribution in [0.15, 0.2) is 16.6 Å². The number of benzene rings is 1. The summed E-state index contributed by atoms with van der Waals surface area (Å²) in [5.41, 5.74) is 0.492. The van der Waals surface area contributed by atoms with E-state index in [1.54, 1.807) is 12.1 Å². The average Bonchev–Trinajstić information content (AvgIpc) is 2.52. The van der Waals surface area contributed by atoms with E-state index in [0.29, 0.717) is 47.7 Å². The van der Waals surface area contributed by atoms with Crippen LogP contribution in [0.4, 0.5) is 13.2 Å². The summed E-state index contributed by atoms with van der Waals surface area (Å²) in [6.45, 7) is 2.46. The van der Waals surface area contributed by atoms with Crippen LogP contribution in [0.2, 0.25) is 0 Å². The summed E-state index contributed by atoms with van der Waals surface area (Å²) >= 11 is 3.34. The maximum absolute atomic E-state index is 13.1. The van der Waals surface area contributed by atoms with Gasteiger partial charge >= 0.3 is 6.18 Å². The van der Waals surface area contributed by atoms with Gasteiger partial charge in [-0.15, -0.1) is 0 Å². The zero-order valence-electron chi connectivity index (χ0n) is 13.0. The second kappa shape index (κ2) is 7.72. The molecule has 1 heterocycles. The molecule has 130 valence electrons. The molecule has 1 saturated heterocycles. The third kappa shape index (κ3) is 4.74. The highest BCUT2D eigenvalue weighted by Gasteiger charge is 2.37. The first-order valence-electron chi connectivity index (χ1n) is 7.28. The smallest absolute Gasteiger partial charge is 0.390 e. The molecule has 8 heteroatoms. The van der Waals surface area contributed by atoms with Gasteiger partial charge in [0.2, 0.25) is 0 Å². The molecule has 1 aliphatic heterocycles. The summed E-state index contributed by atoms with van der Waals surface area (Å²) in [5.74, 6) is 0.911. The Balaban J connectivity index is 2.44. The number of ether oxygens (including phenoxy) is 2. The molecule has 0 bridgehead atoms. The summed E-state index contributed by atoms with van der Waals surface area (Å²) < 4.78 is 50.6. The molecule has 0 spiro atoms. The lowest BCUT2D eigenvalue weighted by atomic mass is 9.99. The van der Waals surface area contributed by atoms with Gasteiger partial charge in [-0.3, -0.25) is 4.90 Å². The van der Waals surface area contributed by atoms with Crippen molar-refractivity contribution in [3.8, 4) is 11.5 Å². The van der Waals surface area contributed by atoms with Gasteiger partial charge in [-0.2, -0.15) is 13.2 Å². The fraction of sp³-hybridized carbons (Fsp3) is 0.600. The number of nitrogens with zero attached hydrogens (tertiary/aromatic N) is 1. The largest absolute Gasteiger partial charge is 0.496 e. The summed E-state index contributed by atoms with van der Waals surface area (Å²) in [7, 11) is 2.94. The van der Waals surface area contributed by atoms with Gasteiger partial charge in [0.05, 0.1) is 25.1 Å². The molecule has 0 saturated carbocycles. The maximum atomic E-state index is 13.1.